The Hall–Kier alpha value is -2.23. The van der Waals surface area contributed by atoms with Gasteiger partial charge >= 0.3 is 5.92 Å². The van der Waals surface area contributed by atoms with E-state index in [0.717, 1.165) is 6.07 Å². The van der Waals surface area contributed by atoms with Crippen molar-refractivity contribution in [1.29, 1.82) is 0 Å². The lowest BCUT2D eigenvalue weighted by Gasteiger charge is -2.42. The van der Waals surface area contributed by atoms with Gasteiger partial charge in [-0.05, 0) is 64.9 Å². The Bertz CT molecular complexity index is 1280. The van der Waals surface area contributed by atoms with Crippen LogP contribution >= 0.6 is 11.6 Å². The van der Waals surface area contributed by atoms with E-state index in [4.69, 9.17) is 16.0 Å². The van der Waals surface area contributed by atoms with Gasteiger partial charge < -0.3 is 9.74 Å². The van der Waals surface area contributed by atoms with Gasteiger partial charge in [-0.2, -0.15) is 8.78 Å². The minimum atomic E-state index is -3.56. The number of hydrogen-bond acceptors (Lipinski definition) is 5. The third-order valence-corrected chi connectivity index (χ3v) is 12.3. The van der Waals surface area contributed by atoms with Gasteiger partial charge in [0.2, 0.25) is 0 Å². The molecule has 0 aliphatic heterocycles. The van der Waals surface area contributed by atoms with Crippen molar-refractivity contribution in [2.75, 3.05) is 5.32 Å². The van der Waals surface area contributed by atoms with E-state index < -0.39 is 37.3 Å². The van der Waals surface area contributed by atoms with Gasteiger partial charge in [0.1, 0.15) is 28.2 Å². The van der Waals surface area contributed by atoms with Crippen LogP contribution in [0.1, 0.15) is 70.2 Å². The van der Waals surface area contributed by atoms with Gasteiger partial charge in [-0.15, -0.1) is 0 Å². The molecule has 202 valence electrons. The van der Waals surface area contributed by atoms with E-state index in [2.05, 4.69) is 20.3 Å². The predicted octanol–water partition coefficient (Wildman–Crippen LogP) is 8.50. The Morgan fingerprint density at radius 3 is 2.27 bits per heavy atom. The number of benzene rings is 1. The molecule has 37 heavy (non-hydrogen) atoms. The van der Waals surface area contributed by atoms with Gasteiger partial charge in [-0.1, -0.05) is 44.5 Å². The molecule has 2 heterocycles. The summed E-state index contributed by atoms with van der Waals surface area (Å²) in [5, 5.41) is 4.06. The minimum absolute atomic E-state index is 0.0965. The van der Waals surface area contributed by atoms with Crippen molar-refractivity contribution in [2.24, 2.45) is 0 Å². The van der Waals surface area contributed by atoms with E-state index >= 15 is 13.2 Å². The molecule has 5 nitrogen and oxygen atoms in total. The van der Waals surface area contributed by atoms with E-state index in [1.54, 1.807) is 26.8 Å². The van der Waals surface area contributed by atoms with E-state index in [9.17, 15) is 0 Å². The van der Waals surface area contributed by atoms with Gasteiger partial charge in [0.15, 0.2) is 8.32 Å². The van der Waals surface area contributed by atoms with Crippen LogP contribution in [0, 0.1) is 19.7 Å². The zero-order chi connectivity index (χ0) is 27.8. The quantitative estimate of drug-likeness (QED) is 0.202. The molecule has 0 bridgehead atoms. The van der Waals surface area contributed by atoms with Crippen molar-refractivity contribution in [3.8, 4) is 0 Å². The average molecular weight is 553 g/mol. The number of nitrogens with zero attached hydrogens (tertiary/aromatic N) is 3. The van der Waals surface area contributed by atoms with Crippen LogP contribution in [0.4, 0.5) is 19.0 Å². The number of nitrogens with one attached hydrogen (secondary N) is 1. The first-order chi connectivity index (χ1) is 17.2. The molecule has 0 amide bonds. The Morgan fingerprint density at radius 1 is 1.05 bits per heavy atom. The summed E-state index contributed by atoms with van der Waals surface area (Å²) in [5.41, 5.74) is -1.22. The molecule has 1 aromatic carbocycles. The molecule has 0 aliphatic rings. The van der Waals surface area contributed by atoms with Crippen molar-refractivity contribution in [2.45, 2.75) is 91.1 Å². The van der Waals surface area contributed by atoms with Crippen LogP contribution in [-0.2, 0) is 10.3 Å². The summed E-state index contributed by atoms with van der Waals surface area (Å²) in [7, 11) is -2.39. The summed E-state index contributed by atoms with van der Waals surface area (Å²) >= 11 is 6.16. The number of aryl methyl sites for hydroxylation is 2. The normalized spacial score (nSPS) is 13.7. The number of aromatic nitrogens is 3. The molecule has 3 rings (SSSR count). The molecular weight excluding hydrogens is 517 g/mol. The van der Waals surface area contributed by atoms with Gasteiger partial charge in [-0.3, -0.25) is 0 Å². The Balaban J connectivity index is 2.01. The van der Waals surface area contributed by atoms with Gasteiger partial charge in [-0.25, -0.2) is 19.3 Å². The first-order valence-corrected chi connectivity index (χ1v) is 15.6. The second-order valence-corrected chi connectivity index (χ2v) is 15.1. The van der Waals surface area contributed by atoms with E-state index in [1.165, 1.54) is 26.0 Å². The molecule has 0 radical (unpaired) electrons. The van der Waals surface area contributed by atoms with E-state index in [1.807, 2.05) is 20.8 Å². The van der Waals surface area contributed by atoms with Gasteiger partial charge in [0.25, 0.3) is 0 Å². The van der Waals surface area contributed by atoms with Crippen LogP contribution < -0.4 is 5.32 Å². The summed E-state index contributed by atoms with van der Waals surface area (Å²) in [5.74, 6) is -3.61. The number of fused-ring (bicyclic) bond motifs is 1. The monoisotopic (exact) mass is 552 g/mol. The number of anilines is 1. The summed E-state index contributed by atoms with van der Waals surface area (Å²) < 4.78 is 53.9. The fourth-order valence-electron chi connectivity index (χ4n) is 4.77. The number of halogens is 4. The van der Waals surface area contributed by atoms with Crippen LogP contribution in [0.3, 0.4) is 0 Å². The lowest BCUT2D eigenvalue weighted by Crippen LogP contribution is -2.52. The lowest BCUT2D eigenvalue weighted by molar-refractivity contribution is -0.161. The molecule has 2 aromatic heterocycles. The first-order valence-electron chi connectivity index (χ1n) is 12.7. The molecule has 0 aliphatic carbocycles. The third-order valence-electron chi connectivity index (χ3n) is 7.29. The largest absolute Gasteiger partial charge is 0.405 e. The van der Waals surface area contributed by atoms with Crippen LogP contribution in [0.15, 0.2) is 24.3 Å². The highest BCUT2D eigenvalue weighted by Crippen LogP contribution is 2.46. The third kappa shape index (κ3) is 5.63. The standard InChI is InChI=1S/C27H36ClF3N4OSi/c1-9-37(10-2,11-3)36-26(7,8)27(30,31)21-14-12-13-19(23(21)29)16(4)33-25-20-15-22(28)32-17(5)24(20)34-18(6)35-25/h12-16H,9-11H2,1-8H3,(H,33,34,35)/t16-/m1/s1. The molecule has 0 saturated carbocycles. The maximum absolute atomic E-state index is 15.9. The molecule has 0 unspecified atom stereocenters. The van der Waals surface area contributed by atoms with E-state index in [-0.39, 0.29) is 10.7 Å². The Kier molecular flexibility index (Phi) is 8.61. The van der Waals surface area contributed by atoms with Crippen LogP contribution in [-0.4, -0.2) is 28.9 Å². The molecule has 1 atom stereocenters. The van der Waals surface area contributed by atoms with Crippen molar-refractivity contribution in [1.82, 2.24) is 15.0 Å². The smallest absolute Gasteiger partial charge is 0.302 e. The highest BCUT2D eigenvalue weighted by molar-refractivity contribution is 6.73. The zero-order valence-electron chi connectivity index (χ0n) is 22.8. The fourth-order valence-corrected chi connectivity index (χ4v) is 8.15. The summed E-state index contributed by atoms with van der Waals surface area (Å²) in [6.45, 7) is 13.9. The maximum atomic E-state index is 15.9. The van der Waals surface area contributed by atoms with Crippen molar-refractivity contribution >= 4 is 36.6 Å². The zero-order valence-corrected chi connectivity index (χ0v) is 24.5. The van der Waals surface area contributed by atoms with Crippen LogP contribution in [0.2, 0.25) is 23.3 Å². The van der Waals surface area contributed by atoms with Gasteiger partial charge in [0.05, 0.1) is 22.8 Å². The second-order valence-electron chi connectivity index (χ2n) is 10.1. The van der Waals surface area contributed by atoms with Crippen LogP contribution in [0.25, 0.3) is 10.9 Å². The van der Waals surface area contributed by atoms with Crippen molar-refractivity contribution in [3.05, 3.63) is 57.9 Å². The molecule has 0 spiro atoms. The molecule has 1 N–H and O–H groups in total. The Labute approximate surface area is 223 Å². The van der Waals surface area contributed by atoms with Crippen molar-refractivity contribution in [3.63, 3.8) is 0 Å². The summed E-state index contributed by atoms with van der Waals surface area (Å²) in [6, 6.07) is 7.19. The predicted molar refractivity (Wildman–Crippen MR) is 147 cm³/mol. The van der Waals surface area contributed by atoms with Gasteiger partial charge in [0, 0.05) is 10.9 Å². The van der Waals surface area contributed by atoms with Crippen molar-refractivity contribution < 1.29 is 17.6 Å². The van der Waals surface area contributed by atoms with E-state index in [0.29, 0.717) is 46.4 Å². The molecule has 3 aromatic rings. The maximum Gasteiger partial charge on any atom is 0.302 e. The number of alkyl halides is 2. The first kappa shape index (κ1) is 29.3. The summed E-state index contributed by atoms with van der Waals surface area (Å²) in [4.78, 5) is 13.1. The molecular formula is C27H36ClF3N4OSi. The lowest BCUT2D eigenvalue weighted by atomic mass is 9.91. The number of rotatable bonds is 10. The topological polar surface area (TPSA) is 59.9 Å². The highest BCUT2D eigenvalue weighted by atomic mass is 35.5. The number of pyridine rings is 1. The Morgan fingerprint density at radius 2 is 1.68 bits per heavy atom. The molecule has 10 heteroatoms. The molecule has 0 saturated heterocycles. The molecule has 0 fully saturated rings. The average Bonchev–Trinajstić information content (AvgIpc) is 2.83. The highest BCUT2D eigenvalue weighted by Gasteiger charge is 2.54. The second kappa shape index (κ2) is 10.9. The number of hydrogen-bond donors (Lipinski definition) is 1. The fraction of sp³-hybridized carbons (Fsp3) is 0.519. The minimum Gasteiger partial charge on any atom is -0.405 e. The van der Waals surface area contributed by atoms with Crippen LogP contribution in [0.5, 0.6) is 0 Å². The summed E-state index contributed by atoms with van der Waals surface area (Å²) in [6.07, 6.45) is 0. The SMILES string of the molecule is CC[Si](CC)(CC)OC(C)(C)C(F)(F)c1cccc([C@@H](C)Nc2nc(C)nc3c(C)nc(Cl)cc23)c1F.